The molecule has 4 aromatic heterocycles. The van der Waals surface area contributed by atoms with E-state index in [1.54, 1.807) is 41.1 Å². The number of pyridine rings is 2. The van der Waals surface area contributed by atoms with Crippen LogP contribution in [0.2, 0.25) is 5.02 Å². The van der Waals surface area contributed by atoms with Gasteiger partial charge in [0.1, 0.15) is 0 Å². The van der Waals surface area contributed by atoms with Crippen LogP contribution in [0.4, 0.5) is 0 Å². The SMILES string of the molecule is N#Cc1cccc(-c2nc3[nH]ccc(=O)c3nc2-c2cc(Cl)c3nccn3c2)c1. The molecule has 0 saturated heterocycles. The quantitative estimate of drug-likeness (QED) is 0.487. The van der Waals surface area contributed by atoms with Gasteiger partial charge in [0.2, 0.25) is 5.43 Å². The molecule has 0 amide bonds. The molecule has 7 nitrogen and oxygen atoms in total. The van der Waals surface area contributed by atoms with Gasteiger partial charge >= 0.3 is 0 Å². The zero-order valence-electron chi connectivity index (χ0n) is 14.8. The Morgan fingerprint density at radius 3 is 2.83 bits per heavy atom. The molecule has 0 spiro atoms. The molecule has 0 aliphatic carbocycles. The Hall–Kier alpha value is -4.02. The van der Waals surface area contributed by atoms with Crippen LogP contribution >= 0.6 is 11.6 Å². The first kappa shape index (κ1) is 17.1. The number of hydrogen-bond acceptors (Lipinski definition) is 5. The average Bonchev–Trinajstić information content (AvgIpc) is 3.23. The number of nitriles is 1. The Bertz CT molecular complexity index is 1510. The number of imidazole rings is 1. The lowest BCUT2D eigenvalue weighted by Gasteiger charge is -2.11. The predicted octanol–water partition coefficient (Wildman–Crippen LogP) is 3.82. The number of nitrogens with zero attached hydrogens (tertiary/aromatic N) is 5. The second kappa shape index (κ2) is 6.55. The van der Waals surface area contributed by atoms with Gasteiger partial charge in [-0.3, -0.25) is 4.79 Å². The second-order valence-corrected chi connectivity index (χ2v) is 6.79. The Kier molecular flexibility index (Phi) is 3.86. The zero-order chi connectivity index (χ0) is 20.0. The van der Waals surface area contributed by atoms with Crippen molar-refractivity contribution in [3.8, 4) is 28.6 Å². The van der Waals surface area contributed by atoms with E-state index in [2.05, 4.69) is 26.0 Å². The van der Waals surface area contributed by atoms with Crippen LogP contribution in [0.15, 0.2) is 66.0 Å². The maximum atomic E-state index is 12.3. The normalized spacial score (nSPS) is 11.0. The number of aromatic nitrogens is 5. The highest BCUT2D eigenvalue weighted by Gasteiger charge is 2.17. The predicted molar refractivity (Wildman–Crippen MR) is 110 cm³/mol. The Labute approximate surface area is 168 Å². The van der Waals surface area contributed by atoms with Gasteiger partial charge in [-0.2, -0.15) is 5.26 Å². The summed E-state index contributed by atoms with van der Waals surface area (Å²) in [5.74, 6) is 0. The lowest BCUT2D eigenvalue weighted by molar-refractivity contribution is 1.17. The van der Waals surface area contributed by atoms with Crippen molar-refractivity contribution in [1.29, 1.82) is 5.26 Å². The molecule has 5 rings (SSSR count). The molecule has 0 atom stereocenters. The molecule has 0 aliphatic rings. The van der Waals surface area contributed by atoms with E-state index in [1.165, 1.54) is 12.3 Å². The van der Waals surface area contributed by atoms with Crippen molar-refractivity contribution in [1.82, 2.24) is 24.3 Å². The number of halogens is 1. The summed E-state index contributed by atoms with van der Waals surface area (Å²) in [5, 5.41) is 9.73. The summed E-state index contributed by atoms with van der Waals surface area (Å²) >= 11 is 6.41. The highest BCUT2D eigenvalue weighted by Crippen LogP contribution is 2.32. The summed E-state index contributed by atoms with van der Waals surface area (Å²) in [7, 11) is 0. The summed E-state index contributed by atoms with van der Waals surface area (Å²) in [6, 6.07) is 12.4. The summed E-state index contributed by atoms with van der Waals surface area (Å²) in [5.41, 5.74) is 3.89. The van der Waals surface area contributed by atoms with Gasteiger partial charge in [0.05, 0.1) is 28.0 Å². The first-order valence-corrected chi connectivity index (χ1v) is 9.04. The largest absolute Gasteiger partial charge is 0.345 e. The van der Waals surface area contributed by atoms with E-state index in [4.69, 9.17) is 11.6 Å². The molecule has 0 aliphatic heterocycles. The fraction of sp³-hybridized carbons (Fsp3) is 0. The van der Waals surface area contributed by atoms with Gasteiger partial charge in [0.15, 0.2) is 16.8 Å². The minimum Gasteiger partial charge on any atom is -0.345 e. The topological polar surface area (TPSA) is 99.7 Å². The van der Waals surface area contributed by atoms with Crippen molar-refractivity contribution in [3.63, 3.8) is 0 Å². The lowest BCUT2D eigenvalue weighted by atomic mass is 10.0. The van der Waals surface area contributed by atoms with Crippen LogP contribution in [0, 0.1) is 11.3 Å². The maximum absolute atomic E-state index is 12.3. The van der Waals surface area contributed by atoms with Gasteiger partial charge in [-0.05, 0) is 18.2 Å². The minimum atomic E-state index is -0.236. The van der Waals surface area contributed by atoms with E-state index in [1.807, 2.05) is 12.3 Å². The van der Waals surface area contributed by atoms with Gasteiger partial charge in [-0.15, -0.1) is 0 Å². The van der Waals surface area contributed by atoms with Crippen LogP contribution < -0.4 is 5.43 Å². The van der Waals surface area contributed by atoms with Crippen molar-refractivity contribution in [2.45, 2.75) is 0 Å². The molecule has 5 aromatic rings. The molecule has 0 unspecified atom stereocenters. The summed E-state index contributed by atoms with van der Waals surface area (Å²) in [6.45, 7) is 0. The van der Waals surface area contributed by atoms with E-state index in [0.717, 1.165) is 0 Å². The van der Waals surface area contributed by atoms with Gasteiger partial charge < -0.3 is 9.38 Å². The van der Waals surface area contributed by atoms with Crippen molar-refractivity contribution in [2.24, 2.45) is 0 Å². The number of hydrogen-bond donors (Lipinski definition) is 1. The monoisotopic (exact) mass is 398 g/mol. The lowest BCUT2D eigenvalue weighted by Crippen LogP contribution is -2.07. The molecule has 1 aromatic carbocycles. The van der Waals surface area contributed by atoms with Crippen LogP contribution in [0.5, 0.6) is 0 Å². The molecule has 0 bridgehead atoms. The number of H-pyrrole nitrogens is 1. The van der Waals surface area contributed by atoms with E-state index >= 15 is 0 Å². The molecular weight excluding hydrogens is 388 g/mol. The molecule has 0 fully saturated rings. The summed E-state index contributed by atoms with van der Waals surface area (Å²) in [6.07, 6.45) is 6.79. The number of nitrogens with one attached hydrogen (secondary N) is 1. The van der Waals surface area contributed by atoms with Crippen LogP contribution in [-0.2, 0) is 0 Å². The molecule has 8 heteroatoms. The standard InChI is InChI=1S/C21H11ClN6O/c22-15-9-14(11-28-7-6-25-21(15)28)18-17(13-3-1-2-12(8-13)10-23)27-20-19(26-18)16(29)4-5-24-20/h1-9,11H,(H,24,27,29). The van der Waals surface area contributed by atoms with Gasteiger partial charge in [-0.25, -0.2) is 15.0 Å². The van der Waals surface area contributed by atoms with Crippen molar-refractivity contribution in [2.75, 3.05) is 0 Å². The number of rotatable bonds is 2. The molecule has 0 saturated carbocycles. The number of aromatic amines is 1. The molecule has 29 heavy (non-hydrogen) atoms. The van der Waals surface area contributed by atoms with E-state index < -0.39 is 0 Å². The first-order valence-electron chi connectivity index (χ1n) is 8.66. The van der Waals surface area contributed by atoms with Crippen LogP contribution in [0.25, 0.3) is 39.3 Å². The third kappa shape index (κ3) is 2.83. The van der Waals surface area contributed by atoms with Crippen LogP contribution in [-0.4, -0.2) is 24.3 Å². The Morgan fingerprint density at radius 2 is 1.97 bits per heavy atom. The Morgan fingerprint density at radius 1 is 1.10 bits per heavy atom. The second-order valence-electron chi connectivity index (χ2n) is 6.39. The fourth-order valence-electron chi connectivity index (χ4n) is 3.24. The molecular formula is C21H11ClN6O. The first-order chi connectivity index (χ1) is 14.1. The maximum Gasteiger partial charge on any atom is 0.209 e. The highest BCUT2D eigenvalue weighted by molar-refractivity contribution is 6.33. The molecule has 1 N–H and O–H groups in total. The molecule has 4 heterocycles. The summed E-state index contributed by atoms with van der Waals surface area (Å²) < 4.78 is 1.79. The highest BCUT2D eigenvalue weighted by atomic mass is 35.5. The fourth-order valence-corrected chi connectivity index (χ4v) is 3.51. The van der Waals surface area contributed by atoms with Crippen molar-refractivity contribution < 1.29 is 0 Å². The van der Waals surface area contributed by atoms with E-state index in [0.29, 0.717) is 44.4 Å². The number of benzene rings is 1. The number of fused-ring (bicyclic) bond motifs is 2. The van der Waals surface area contributed by atoms with Crippen LogP contribution in [0.3, 0.4) is 0 Å². The van der Waals surface area contributed by atoms with E-state index in [-0.39, 0.29) is 10.9 Å². The third-order valence-corrected chi connectivity index (χ3v) is 4.84. The van der Waals surface area contributed by atoms with Gasteiger partial charge in [-0.1, -0.05) is 23.7 Å². The smallest absolute Gasteiger partial charge is 0.209 e. The van der Waals surface area contributed by atoms with Crippen LogP contribution in [0.1, 0.15) is 5.56 Å². The average molecular weight is 399 g/mol. The molecule has 138 valence electrons. The van der Waals surface area contributed by atoms with Gasteiger partial charge in [0, 0.05) is 42.0 Å². The third-order valence-electron chi connectivity index (χ3n) is 4.57. The minimum absolute atomic E-state index is 0.226. The van der Waals surface area contributed by atoms with Crippen molar-refractivity contribution >= 4 is 28.4 Å². The van der Waals surface area contributed by atoms with Gasteiger partial charge in [0.25, 0.3) is 0 Å². The Balaban J connectivity index is 1.87. The van der Waals surface area contributed by atoms with Crippen molar-refractivity contribution in [3.05, 3.63) is 82.0 Å². The van der Waals surface area contributed by atoms with E-state index in [9.17, 15) is 10.1 Å². The zero-order valence-corrected chi connectivity index (χ0v) is 15.6. The summed E-state index contributed by atoms with van der Waals surface area (Å²) in [4.78, 5) is 28.8. The molecule has 0 radical (unpaired) electrons.